The number of likely N-dealkylation sites (tertiary alicyclic amines) is 1. The molecule has 1 aromatic rings. The number of fused-ring (bicyclic) bond motifs is 2. The first-order chi connectivity index (χ1) is 17.6. The van der Waals surface area contributed by atoms with Crippen molar-refractivity contribution in [3.63, 3.8) is 0 Å². The Morgan fingerprint density at radius 3 is 2.34 bits per heavy atom. The van der Waals surface area contributed by atoms with Crippen LogP contribution in [0.1, 0.15) is 66.4 Å². The van der Waals surface area contributed by atoms with Crippen LogP contribution in [0.5, 0.6) is 0 Å². The van der Waals surface area contributed by atoms with Gasteiger partial charge in [0.2, 0.25) is 23.6 Å². The van der Waals surface area contributed by atoms with Crippen LogP contribution >= 0.6 is 0 Å². The van der Waals surface area contributed by atoms with Gasteiger partial charge in [0.1, 0.15) is 18.1 Å². The maximum atomic E-state index is 14.1. The number of carbonyl (C=O) groups is 4. The number of anilines is 1. The van der Waals surface area contributed by atoms with Crippen molar-refractivity contribution in [2.45, 2.75) is 84.3 Å². The van der Waals surface area contributed by atoms with E-state index in [1.165, 1.54) is 21.6 Å². The molecule has 2 heterocycles. The van der Waals surface area contributed by atoms with Crippen LogP contribution < -0.4 is 5.32 Å². The van der Waals surface area contributed by atoms with Gasteiger partial charge in [-0.05, 0) is 35.8 Å². The first-order valence-corrected chi connectivity index (χ1v) is 13.2. The zero-order valence-electron chi connectivity index (χ0n) is 23.9. The average molecular weight is 524 g/mol. The van der Waals surface area contributed by atoms with E-state index in [0.29, 0.717) is 18.5 Å². The molecular weight excluding hydrogens is 482 g/mol. The maximum absolute atomic E-state index is 14.1. The fourth-order valence-electron chi connectivity index (χ4n) is 5.63. The number of para-hydroxylation sites is 1. The van der Waals surface area contributed by atoms with Gasteiger partial charge in [0, 0.05) is 39.7 Å². The topological polar surface area (TPSA) is 114 Å². The Kier molecular flexibility index (Phi) is 8.25. The molecule has 38 heavy (non-hydrogen) atoms. The molecule has 9 heteroatoms. The molecule has 1 N–H and O–H groups in total. The molecule has 1 spiro atoms. The molecule has 206 valence electrons. The van der Waals surface area contributed by atoms with Gasteiger partial charge in [0.05, 0.1) is 11.5 Å². The first kappa shape index (κ1) is 29.2. The van der Waals surface area contributed by atoms with E-state index in [1.54, 1.807) is 14.1 Å². The van der Waals surface area contributed by atoms with E-state index >= 15 is 0 Å². The van der Waals surface area contributed by atoms with Crippen LogP contribution in [0.15, 0.2) is 24.3 Å². The smallest absolute Gasteiger partial charge is 0.246 e. The predicted octanol–water partition coefficient (Wildman–Crippen LogP) is 3.16. The number of likely N-dealkylation sites (N-methyl/N-ethyl adjacent to an activating group) is 2. The van der Waals surface area contributed by atoms with E-state index in [4.69, 9.17) is 0 Å². The fraction of sp³-hybridized carbons (Fsp3) is 0.621. The van der Waals surface area contributed by atoms with Gasteiger partial charge in [-0.2, -0.15) is 5.26 Å². The normalized spacial score (nSPS) is 22.1. The highest BCUT2D eigenvalue weighted by Crippen LogP contribution is 2.46. The molecule has 2 aliphatic rings. The molecule has 0 saturated carbocycles. The monoisotopic (exact) mass is 523 g/mol. The molecule has 9 nitrogen and oxygen atoms in total. The summed E-state index contributed by atoms with van der Waals surface area (Å²) in [6.07, 6.45) is 1.01. The van der Waals surface area contributed by atoms with Gasteiger partial charge < -0.3 is 20.0 Å². The molecular formula is C29H41N5O4. The third kappa shape index (κ3) is 5.54. The summed E-state index contributed by atoms with van der Waals surface area (Å²) < 4.78 is 0. The van der Waals surface area contributed by atoms with Crippen LogP contribution in [0.25, 0.3) is 0 Å². The van der Waals surface area contributed by atoms with Crippen molar-refractivity contribution in [2.24, 2.45) is 11.3 Å². The third-order valence-electron chi connectivity index (χ3n) is 7.77. The molecule has 1 saturated heterocycles. The number of hydrogen-bond donors (Lipinski definition) is 1. The summed E-state index contributed by atoms with van der Waals surface area (Å²) in [6, 6.07) is 7.23. The lowest BCUT2D eigenvalue weighted by molar-refractivity contribution is -0.151. The van der Waals surface area contributed by atoms with Crippen molar-refractivity contribution in [3.05, 3.63) is 29.8 Å². The quantitative estimate of drug-likeness (QED) is 0.590. The van der Waals surface area contributed by atoms with Gasteiger partial charge in [-0.15, -0.1) is 0 Å². The molecule has 4 amide bonds. The molecule has 2 aliphatic heterocycles. The minimum atomic E-state index is -0.999. The minimum absolute atomic E-state index is 0.0717. The van der Waals surface area contributed by atoms with E-state index in [1.807, 2.05) is 58.9 Å². The highest BCUT2D eigenvalue weighted by atomic mass is 16.2. The Morgan fingerprint density at radius 1 is 1.16 bits per heavy atom. The van der Waals surface area contributed by atoms with E-state index in [2.05, 4.69) is 11.4 Å². The van der Waals surface area contributed by atoms with Crippen molar-refractivity contribution >= 4 is 29.3 Å². The number of hydrogen-bond acceptors (Lipinski definition) is 5. The lowest BCUT2D eigenvalue weighted by Crippen LogP contribution is -2.56. The number of nitrogens with one attached hydrogen (secondary N) is 1. The number of nitriles is 1. The van der Waals surface area contributed by atoms with Crippen molar-refractivity contribution in [2.75, 3.05) is 26.0 Å². The predicted molar refractivity (Wildman–Crippen MR) is 145 cm³/mol. The number of nitrogens with zero attached hydrogens (tertiary/aromatic N) is 4. The van der Waals surface area contributed by atoms with Crippen LogP contribution in [0.3, 0.4) is 0 Å². The second-order valence-electron chi connectivity index (χ2n) is 12.4. The molecule has 0 bridgehead atoms. The third-order valence-corrected chi connectivity index (χ3v) is 7.77. The molecule has 0 radical (unpaired) electrons. The molecule has 1 fully saturated rings. The summed E-state index contributed by atoms with van der Waals surface area (Å²) in [7, 11) is 3.21. The molecule has 1 aromatic carbocycles. The van der Waals surface area contributed by atoms with E-state index < -0.39 is 23.5 Å². The van der Waals surface area contributed by atoms with Gasteiger partial charge >= 0.3 is 0 Å². The van der Waals surface area contributed by atoms with Gasteiger partial charge in [-0.3, -0.25) is 19.2 Å². The van der Waals surface area contributed by atoms with Crippen LogP contribution in [-0.2, 0) is 24.6 Å². The SMILES string of the molecule is CC(=O)N(C)C(CC(C)(C)C)C(=O)N(C)[C@@H](CC(C)C)C(=O)N1C[C@]2(C[C@H]1C#N)C(=O)Nc1ccccc12. The Balaban J connectivity index is 1.96. The summed E-state index contributed by atoms with van der Waals surface area (Å²) in [4.78, 5) is 57.8. The lowest BCUT2D eigenvalue weighted by atomic mass is 9.80. The summed E-state index contributed by atoms with van der Waals surface area (Å²) in [5.41, 5.74) is 0.255. The van der Waals surface area contributed by atoms with Crippen LogP contribution in [0, 0.1) is 22.7 Å². The Bertz CT molecular complexity index is 1150. The number of amides is 4. The average Bonchev–Trinajstić information content (AvgIpc) is 3.36. The van der Waals surface area contributed by atoms with Gasteiger partial charge in [0.25, 0.3) is 0 Å². The first-order valence-electron chi connectivity index (χ1n) is 13.2. The van der Waals surface area contributed by atoms with Crippen LogP contribution in [0.2, 0.25) is 0 Å². The van der Waals surface area contributed by atoms with Crippen LogP contribution in [-0.4, -0.2) is 77.1 Å². The maximum Gasteiger partial charge on any atom is 0.246 e. The fourth-order valence-corrected chi connectivity index (χ4v) is 5.63. The number of benzene rings is 1. The molecule has 3 rings (SSSR count). The van der Waals surface area contributed by atoms with Crippen molar-refractivity contribution in [1.82, 2.24) is 14.7 Å². The summed E-state index contributed by atoms with van der Waals surface area (Å²) >= 11 is 0. The Hall–Kier alpha value is -3.41. The van der Waals surface area contributed by atoms with E-state index in [0.717, 1.165) is 5.56 Å². The zero-order valence-corrected chi connectivity index (χ0v) is 23.9. The van der Waals surface area contributed by atoms with Crippen LogP contribution in [0.4, 0.5) is 5.69 Å². The largest absolute Gasteiger partial charge is 0.334 e. The zero-order chi connectivity index (χ0) is 28.6. The van der Waals surface area contributed by atoms with Gasteiger partial charge in [-0.1, -0.05) is 52.8 Å². The van der Waals surface area contributed by atoms with Crippen molar-refractivity contribution in [3.8, 4) is 6.07 Å². The van der Waals surface area contributed by atoms with Crippen molar-refractivity contribution in [1.29, 1.82) is 5.26 Å². The van der Waals surface area contributed by atoms with E-state index in [-0.39, 0.29) is 47.9 Å². The van der Waals surface area contributed by atoms with E-state index in [9.17, 15) is 24.4 Å². The summed E-state index contributed by atoms with van der Waals surface area (Å²) in [5.74, 6) is -1.03. The molecule has 0 aliphatic carbocycles. The van der Waals surface area contributed by atoms with Crippen molar-refractivity contribution < 1.29 is 19.2 Å². The minimum Gasteiger partial charge on any atom is -0.334 e. The van der Waals surface area contributed by atoms with Gasteiger partial charge in [0.15, 0.2) is 0 Å². The molecule has 0 aromatic heterocycles. The second kappa shape index (κ2) is 10.8. The number of carbonyl (C=O) groups excluding carboxylic acids is 4. The Labute approximate surface area is 226 Å². The summed E-state index contributed by atoms with van der Waals surface area (Å²) in [6.45, 7) is 11.5. The van der Waals surface area contributed by atoms with Gasteiger partial charge in [-0.25, -0.2) is 0 Å². The highest BCUT2D eigenvalue weighted by molar-refractivity contribution is 6.07. The Morgan fingerprint density at radius 2 is 1.79 bits per heavy atom. The number of rotatable bonds is 7. The molecule has 1 unspecified atom stereocenters. The standard InChI is InChI=1S/C29H41N5O4/c1-18(2)13-23(33(8)25(36)24(15-28(4,5)6)32(7)19(3)35)26(37)34-17-29(14-20(34)16-30)21-11-9-10-12-22(21)31-27(29)38/h9-12,18,20,23-24H,13-15,17H2,1-8H3,(H,31,38)/t20-,23-,24?,29-/m0/s1. The highest BCUT2D eigenvalue weighted by Gasteiger charge is 2.56. The lowest BCUT2D eigenvalue weighted by Gasteiger charge is -2.38. The second-order valence-corrected chi connectivity index (χ2v) is 12.4. The summed E-state index contributed by atoms with van der Waals surface area (Å²) in [5, 5.41) is 12.9. The molecule has 4 atom stereocenters.